The van der Waals surface area contributed by atoms with Gasteiger partial charge in [-0.1, -0.05) is 18.2 Å². The van der Waals surface area contributed by atoms with Crippen LogP contribution >= 0.6 is 0 Å². The highest BCUT2D eigenvalue weighted by molar-refractivity contribution is 5.77. The minimum Gasteiger partial charge on any atom is -0.335 e. The number of carbonyl (C=O) groups is 1. The molecule has 2 aliphatic rings. The smallest absolute Gasteiger partial charge is 0.223 e. The van der Waals surface area contributed by atoms with Gasteiger partial charge in [0, 0.05) is 38.0 Å². The van der Waals surface area contributed by atoms with E-state index < -0.39 is 11.6 Å². The van der Waals surface area contributed by atoms with Gasteiger partial charge in [-0.3, -0.25) is 4.79 Å². The number of hydrogen-bond acceptors (Lipinski definition) is 2. The van der Waals surface area contributed by atoms with Crippen molar-refractivity contribution in [3.63, 3.8) is 0 Å². The molecule has 0 aliphatic carbocycles. The first-order chi connectivity index (χ1) is 13.0. The number of nitrogens with one attached hydrogen (secondary N) is 1. The van der Waals surface area contributed by atoms with Crippen molar-refractivity contribution in [2.45, 2.75) is 18.9 Å². The molecule has 2 fully saturated rings. The second-order valence-corrected chi connectivity index (χ2v) is 7.36. The summed E-state index contributed by atoms with van der Waals surface area (Å²) in [6.45, 7) is 2.25. The summed E-state index contributed by atoms with van der Waals surface area (Å²) in [5.74, 6) is -1.08. The van der Waals surface area contributed by atoms with Crippen LogP contribution in [0.1, 0.15) is 23.6 Å². The van der Waals surface area contributed by atoms with Crippen molar-refractivity contribution in [1.82, 2.24) is 10.2 Å². The quantitative estimate of drug-likeness (QED) is 0.889. The maximum absolute atomic E-state index is 13.8. The number of likely N-dealkylation sites (tertiary alicyclic amines) is 1. The maximum Gasteiger partial charge on any atom is 0.223 e. The lowest BCUT2D eigenvalue weighted by molar-refractivity contribution is -0.132. The second kappa shape index (κ2) is 7.35. The Balaban J connectivity index is 1.52. The summed E-state index contributed by atoms with van der Waals surface area (Å²) in [4.78, 5) is 14.7. The highest BCUT2D eigenvalue weighted by Crippen LogP contribution is 2.43. The van der Waals surface area contributed by atoms with E-state index in [0.29, 0.717) is 18.0 Å². The first-order valence-corrected chi connectivity index (χ1v) is 9.22. The molecule has 4 rings (SSSR count). The zero-order chi connectivity index (χ0) is 19.0. The lowest BCUT2D eigenvalue weighted by Gasteiger charge is -2.28. The monoisotopic (exact) mass is 374 g/mol. The summed E-state index contributed by atoms with van der Waals surface area (Å²) in [5.41, 5.74) is 1.13. The van der Waals surface area contributed by atoms with E-state index in [4.69, 9.17) is 0 Å². The lowest BCUT2D eigenvalue weighted by Crippen LogP contribution is -2.34. The number of rotatable bonds is 4. The molecule has 2 aliphatic heterocycles. The van der Waals surface area contributed by atoms with E-state index in [9.17, 15) is 18.0 Å². The van der Waals surface area contributed by atoms with Gasteiger partial charge in [-0.25, -0.2) is 13.2 Å². The third-order valence-corrected chi connectivity index (χ3v) is 5.70. The van der Waals surface area contributed by atoms with E-state index in [-0.39, 0.29) is 36.5 Å². The van der Waals surface area contributed by atoms with Crippen LogP contribution in [0, 0.1) is 29.3 Å². The molecule has 0 bridgehead atoms. The van der Waals surface area contributed by atoms with Gasteiger partial charge in [0.05, 0.1) is 6.04 Å². The van der Waals surface area contributed by atoms with Gasteiger partial charge in [-0.15, -0.1) is 0 Å². The molecule has 3 atom stereocenters. The predicted octanol–water partition coefficient (Wildman–Crippen LogP) is 3.46. The Kier molecular flexibility index (Phi) is 4.91. The Labute approximate surface area is 156 Å². The average molecular weight is 374 g/mol. The van der Waals surface area contributed by atoms with Crippen molar-refractivity contribution in [2.24, 2.45) is 11.8 Å². The fraction of sp³-hybridized carbons (Fsp3) is 0.381. The molecule has 27 heavy (non-hydrogen) atoms. The van der Waals surface area contributed by atoms with Crippen LogP contribution in [-0.4, -0.2) is 30.4 Å². The first kappa shape index (κ1) is 18.0. The molecule has 0 unspecified atom stereocenters. The number of fused-ring (bicyclic) bond motifs is 1. The van der Waals surface area contributed by atoms with Crippen LogP contribution < -0.4 is 5.32 Å². The van der Waals surface area contributed by atoms with E-state index in [0.717, 1.165) is 24.7 Å². The molecule has 0 radical (unpaired) electrons. The van der Waals surface area contributed by atoms with E-state index in [1.807, 2.05) is 11.0 Å². The molecule has 0 aromatic heterocycles. The fourth-order valence-corrected chi connectivity index (χ4v) is 4.40. The minimum absolute atomic E-state index is 0.0811. The van der Waals surface area contributed by atoms with Crippen LogP contribution in [0.25, 0.3) is 0 Å². The number of nitrogens with zero attached hydrogens (tertiary/aromatic N) is 1. The summed E-state index contributed by atoms with van der Waals surface area (Å²) in [7, 11) is 0. The van der Waals surface area contributed by atoms with Crippen molar-refractivity contribution in [2.75, 3.05) is 19.6 Å². The van der Waals surface area contributed by atoms with E-state index in [1.54, 1.807) is 6.07 Å². The molecule has 142 valence electrons. The number of aryl methyl sites for hydroxylation is 1. The predicted molar refractivity (Wildman–Crippen MR) is 95.4 cm³/mol. The Morgan fingerprint density at radius 2 is 1.89 bits per heavy atom. The fourth-order valence-electron chi connectivity index (χ4n) is 4.40. The zero-order valence-electron chi connectivity index (χ0n) is 14.8. The summed E-state index contributed by atoms with van der Waals surface area (Å²) < 4.78 is 40.6. The Morgan fingerprint density at radius 1 is 1.07 bits per heavy atom. The topological polar surface area (TPSA) is 32.3 Å². The van der Waals surface area contributed by atoms with Crippen molar-refractivity contribution in [3.05, 3.63) is 71.0 Å². The van der Waals surface area contributed by atoms with Crippen LogP contribution in [0.3, 0.4) is 0 Å². The van der Waals surface area contributed by atoms with Gasteiger partial charge in [-0.2, -0.15) is 0 Å². The molecule has 2 saturated heterocycles. The number of halogens is 3. The molecule has 1 N–H and O–H groups in total. The molecule has 2 heterocycles. The maximum atomic E-state index is 13.8. The van der Waals surface area contributed by atoms with Crippen molar-refractivity contribution in [1.29, 1.82) is 0 Å². The molecule has 2 aromatic carbocycles. The lowest BCUT2D eigenvalue weighted by atomic mass is 9.89. The van der Waals surface area contributed by atoms with Crippen molar-refractivity contribution < 1.29 is 18.0 Å². The summed E-state index contributed by atoms with van der Waals surface area (Å²) >= 11 is 0. The van der Waals surface area contributed by atoms with Crippen molar-refractivity contribution >= 4 is 5.91 Å². The summed E-state index contributed by atoms with van der Waals surface area (Å²) in [6, 6.07) is 9.64. The highest BCUT2D eigenvalue weighted by Gasteiger charge is 2.46. The SMILES string of the molecule is O=C(CCc1ccc(F)cc1F)N1C[C@@H]2CNC[C@@H]2[C@H]1c1cccc(F)c1. The van der Waals surface area contributed by atoms with E-state index >= 15 is 0 Å². The standard InChI is InChI=1S/C21H21F3N2O/c22-16-3-1-2-14(8-16)21-18-11-25-10-15(18)12-26(21)20(27)7-5-13-4-6-17(23)9-19(13)24/h1-4,6,8-9,15,18,21,25H,5,7,10-12H2/t15-,18-,21+/m0/s1. The average Bonchev–Trinajstić information content (AvgIpc) is 3.21. The Morgan fingerprint density at radius 3 is 2.67 bits per heavy atom. The molecular formula is C21H21F3N2O. The van der Waals surface area contributed by atoms with E-state index in [2.05, 4.69) is 5.32 Å². The molecule has 1 amide bonds. The van der Waals surface area contributed by atoms with Crippen LogP contribution in [0.2, 0.25) is 0 Å². The molecular weight excluding hydrogens is 353 g/mol. The minimum atomic E-state index is -0.632. The van der Waals surface area contributed by atoms with E-state index in [1.165, 1.54) is 24.3 Å². The van der Waals surface area contributed by atoms with Crippen LogP contribution in [0.5, 0.6) is 0 Å². The van der Waals surface area contributed by atoms with Gasteiger partial charge in [0.2, 0.25) is 5.91 Å². The Hall–Kier alpha value is -2.34. The molecule has 3 nitrogen and oxygen atoms in total. The molecule has 0 spiro atoms. The molecule has 0 saturated carbocycles. The summed E-state index contributed by atoms with van der Waals surface area (Å²) in [5, 5.41) is 3.35. The second-order valence-electron chi connectivity index (χ2n) is 7.36. The highest BCUT2D eigenvalue weighted by atomic mass is 19.1. The van der Waals surface area contributed by atoms with Crippen LogP contribution in [-0.2, 0) is 11.2 Å². The van der Waals surface area contributed by atoms with Gasteiger partial charge < -0.3 is 10.2 Å². The number of benzene rings is 2. The van der Waals surface area contributed by atoms with Gasteiger partial charge in [-0.05, 0) is 41.7 Å². The first-order valence-electron chi connectivity index (χ1n) is 9.22. The van der Waals surface area contributed by atoms with Gasteiger partial charge in [0.1, 0.15) is 17.5 Å². The number of amides is 1. The molecule has 6 heteroatoms. The largest absolute Gasteiger partial charge is 0.335 e. The Bertz CT molecular complexity index is 857. The van der Waals surface area contributed by atoms with Crippen LogP contribution in [0.4, 0.5) is 13.2 Å². The third-order valence-electron chi connectivity index (χ3n) is 5.70. The van der Waals surface area contributed by atoms with Gasteiger partial charge in [0.15, 0.2) is 0 Å². The van der Waals surface area contributed by atoms with Crippen LogP contribution in [0.15, 0.2) is 42.5 Å². The number of hydrogen-bond donors (Lipinski definition) is 1. The third kappa shape index (κ3) is 3.58. The summed E-state index contributed by atoms with van der Waals surface area (Å²) in [6.07, 6.45) is 0.353. The zero-order valence-corrected chi connectivity index (χ0v) is 14.8. The number of carbonyl (C=O) groups excluding carboxylic acids is 1. The van der Waals surface area contributed by atoms with Gasteiger partial charge in [0.25, 0.3) is 0 Å². The van der Waals surface area contributed by atoms with Crippen molar-refractivity contribution in [3.8, 4) is 0 Å². The van der Waals surface area contributed by atoms with Gasteiger partial charge >= 0.3 is 0 Å². The normalized spacial score (nSPS) is 24.3. The molecule has 2 aromatic rings.